The average molecular weight is 329 g/mol. The van der Waals surface area contributed by atoms with Gasteiger partial charge in [-0.3, -0.25) is 0 Å². The molecule has 0 amide bonds. The summed E-state index contributed by atoms with van der Waals surface area (Å²) < 4.78 is 5.32. The summed E-state index contributed by atoms with van der Waals surface area (Å²) in [5.74, 6) is 1.27. The fourth-order valence-corrected chi connectivity index (χ4v) is 2.41. The number of thioether (sulfide) groups is 1. The second kappa shape index (κ2) is 8.85. The Morgan fingerprint density at radius 3 is 2.78 bits per heavy atom. The first-order chi connectivity index (χ1) is 11.2. The molecule has 0 aromatic heterocycles. The van der Waals surface area contributed by atoms with Crippen LogP contribution in [-0.4, -0.2) is 23.1 Å². The molecule has 0 heterocycles. The molecule has 6 heteroatoms. The first kappa shape index (κ1) is 16.9. The summed E-state index contributed by atoms with van der Waals surface area (Å²) in [5.41, 5.74) is 7.78. The molecule has 0 radical (unpaired) electrons. The molecular formula is C17H19N3O2S. The van der Waals surface area contributed by atoms with Crippen molar-refractivity contribution >= 4 is 23.1 Å². The van der Waals surface area contributed by atoms with Crippen molar-refractivity contribution in [3.8, 4) is 11.5 Å². The van der Waals surface area contributed by atoms with Gasteiger partial charge in [0.2, 0.25) is 0 Å². The molecule has 0 fully saturated rings. The fourth-order valence-electron chi connectivity index (χ4n) is 1.79. The van der Waals surface area contributed by atoms with E-state index in [4.69, 9.17) is 10.5 Å². The van der Waals surface area contributed by atoms with Crippen molar-refractivity contribution < 1.29 is 9.84 Å². The van der Waals surface area contributed by atoms with Crippen LogP contribution in [0.4, 0.5) is 0 Å². The second-order valence-electron chi connectivity index (χ2n) is 4.62. The summed E-state index contributed by atoms with van der Waals surface area (Å²) in [4.78, 5) is 0. The molecule has 5 nitrogen and oxygen atoms in total. The lowest BCUT2D eigenvalue weighted by Crippen LogP contribution is -2.06. The maximum absolute atomic E-state index is 9.64. The summed E-state index contributed by atoms with van der Waals surface area (Å²) >= 11 is 1.43. The Labute approximate surface area is 139 Å². The quantitative estimate of drug-likeness (QED) is 0.484. The van der Waals surface area contributed by atoms with Crippen molar-refractivity contribution in [1.29, 1.82) is 0 Å². The Morgan fingerprint density at radius 1 is 1.26 bits per heavy atom. The molecule has 2 aromatic carbocycles. The van der Waals surface area contributed by atoms with E-state index >= 15 is 0 Å². The predicted octanol–water partition coefficient (Wildman–Crippen LogP) is 3.37. The van der Waals surface area contributed by atoms with Crippen LogP contribution < -0.4 is 10.5 Å². The lowest BCUT2D eigenvalue weighted by molar-refractivity contribution is 0.318. The standard InChI is InChI=1S/C17H19N3O2S/c1-2-22-16-10-14(8-9-15(16)21)11-19-20-17(18)23-12-13-6-4-3-5-7-13/h3-11,21H,2,12H2,1H3,(H2,18,20). The summed E-state index contributed by atoms with van der Waals surface area (Å²) in [7, 11) is 0. The van der Waals surface area contributed by atoms with Crippen LogP contribution in [0.2, 0.25) is 0 Å². The van der Waals surface area contributed by atoms with Crippen molar-refractivity contribution in [1.82, 2.24) is 0 Å². The van der Waals surface area contributed by atoms with Gasteiger partial charge in [0.25, 0.3) is 0 Å². The highest BCUT2D eigenvalue weighted by Crippen LogP contribution is 2.26. The highest BCUT2D eigenvalue weighted by molar-refractivity contribution is 8.13. The van der Waals surface area contributed by atoms with E-state index in [0.717, 1.165) is 11.3 Å². The monoisotopic (exact) mass is 329 g/mol. The van der Waals surface area contributed by atoms with E-state index in [1.165, 1.54) is 17.3 Å². The molecule has 2 rings (SSSR count). The summed E-state index contributed by atoms with van der Waals surface area (Å²) in [6, 6.07) is 15.0. The number of hydrogen-bond acceptors (Lipinski definition) is 5. The van der Waals surface area contributed by atoms with Crippen LogP contribution in [-0.2, 0) is 5.75 Å². The van der Waals surface area contributed by atoms with Crippen LogP contribution in [0.5, 0.6) is 11.5 Å². The van der Waals surface area contributed by atoms with Gasteiger partial charge in [0, 0.05) is 5.75 Å². The first-order valence-electron chi connectivity index (χ1n) is 7.18. The highest BCUT2D eigenvalue weighted by atomic mass is 32.2. The normalized spacial score (nSPS) is 11.8. The van der Waals surface area contributed by atoms with Crippen LogP contribution in [0.25, 0.3) is 0 Å². The summed E-state index contributed by atoms with van der Waals surface area (Å²) in [6.45, 7) is 2.34. The molecule has 0 aliphatic carbocycles. The number of benzene rings is 2. The van der Waals surface area contributed by atoms with Gasteiger partial charge in [0.1, 0.15) is 0 Å². The fraction of sp³-hybridized carbons (Fsp3) is 0.176. The first-order valence-corrected chi connectivity index (χ1v) is 8.16. The molecule has 2 aromatic rings. The third kappa shape index (κ3) is 5.67. The zero-order chi connectivity index (χ0) is 16.5. The number of hydrogen-bond donors (Lipinski definition) is 2. The zero-order valence-electron chi connectivity index (χ0n) is 12.8. The molecule has 0 bridgehead atoms. The van der Waals surface area contributed by atoms with E-state index in [2.05, 4.69) is 10.2 Å². The Bertz CT molecular complexity index is 687. The molecule has 0 saturated carbocycles. The van der Waals surface area contributed by atoms with Crippen LogP contribution in [0.15, 0.2) is 58.7 Å². The molecule has 3 N–H and O–H groups in total. The predicted molar refractivity (Wildman–Crippen MR) is 96.2 cm³/mol. The highest BCUT2D eigenvalue weighted by Gasteiger charge is 2.02. The number of nitrogens with two attached hydrogens (primary N) is 1. The van der Waals surface area contributed by atoms with Crippen LogP contribution in [0.1, 0.15) is 18.1 Å². The lowest BCUT2D eigenvalue weighted by Gasteiger charge is -2.05. The second-order valence-corrected chi connectivity index (χ2v) is 5.61. The van der Waals surface area contributed by atoms with Gasteiger partial charge in [-0.15, -0.1) is 5.10 Å². The third-order valence-electron chi connectivity index (χ3n) is 2.88. The number of phenolic OH excluding ortho intramolecular Hbond substituents is 1. The van der Waals surface area contributed by atoms with Gasteiger partial charge < -0.3 is 15.6 Å². The van der Waals surface area contributed by atoms with Crippen molar-refractivity contribution in [3.63, 3.8) is 0 Å². The van der Waals surface area contributed by atoms with Gasteiger partial charge in [-0.1, -0.05) is 42.1 Å². The van der Waals surface area contributed by atoms with E-state index in [-0.39, 0.29) is 5.75 Å². The number of ether oxygens (including phenoxy) is 1. The van der Waals surface area contributed by atoms with Crippen molar-refractivity contribution in [2.45, 2.75) is 12.7 Å². The number of nitrogens with zero attached hydrogens (tertiary/aromatic N) is 2. The van der Waals surface area contributed by atoms with Crippen molar-refractivity contribution in [3.05, 3.63) is 59.7 Å². The van der Waals surface area contributed by atoms with Crippen molar-refractivity contribution in [2.75, 3.05) is 6.61 Å². The Morgan fingerprint density at radius 2 is 2.04 bits per heavy atom. The number of phenols is 1. The minimum absolute atomic E-state index is 0.102. The SMILES string of the molecule is CCOc1cc(C=NN=C(N)SCc2ccccc2)ccc1O. The minimum Gasteiger partial charge on any atom is -0.504 e. The van der Waals surface area contributed by atoms with Gasteiger partial charge in [-0.25, -0.2) is 0 Å². The van der Waals surface area contributed by atoms with E-state index < -0.39 is 0 Å². The third-order valence-corrected chi connectivity index (χ3v) is 3.73. The van der Waals surface area contributed by atoms with E-state index in [9.17, 15) is 5.11 Å². The van der Waals surface area contributed by atoms with Gasteiger partial charge >= 0.3 is 0 Å². The van der Waals surface area contributed by atoms with Crippen LogP contribution >= 0.6 is 11.8 Å². The van der Waals surface area contributed by atoms with Gasteiger partial charge in [-0.05, 0) is 36.2 Å². The van der Waals surface area contributed by atoms with E-state index in [1.54, 1.807) is 24.4 Å². The molecule has 0 aliphatic rings. The molecular weight excluding hydrogens is 310 g/mol. The summed E-state index contributed by atoms with van der Waals surface area (Å²) in [5, 5.41) is 18.0. The van der Waals surface area contributed by atoms with E-state index in [0.29, 0.717) is 17.5 Å². The Hall–Kier alpha value is -2.47. The molecule has 0 aliphatic heterocycles. The number of aromatic hydroxyl groups is 1. The molecule has 0 saturated heterocycles. The minimum atomic E-state index is 0.102. The van der Waals surface area contributed by atoms with Crippen LogP contribution in [0, 0.1) is 0 Å². The number of rotatable bonds is 6. The maximum atomic E-state index is 9.64. The topological polar surface area (TPSA) is 80.2 Å². The van der Waals surface area contributed by atoms with E-state index in [1.807, 2.05) is 37.3 Å². The number of amidine groups is 1. The van der Waals surface area contributed by atoms with Gasteiger partial charge in [-0.2, -0.15) is 5.10 Å². The van der Waals surface area contributed by atoms with Gasteiger partial charge in [0.05, 0.1) is 12.8 Å². The largest absolute Gasteiger partial charge is 0.504 e. The summed E-state index contributed by atoms with van der Waals surface area (Å²) in [6.07, 6.45) is 1.57. The van der Waals surface area contributed by atoms with Crippen molar-refractivity contribution in [2.24, 2.45) is 15.9 Å². The zero-order valence-corrected chi connectivity index (χ0v) is 13.7. The molecule has 0 spiro atoms. The Balaban J connectivity index is 1.93. The molecule has 23 heavy (non-hydrogen) atoms. The smallest absolute Gasteiger partial charge is 0.180 e. The maximum Gasteiger partial charge on any atom is 0.180 e. The molecule has 0 atom stereocenters. The van der Waals surface area contributed by atoms with Crippen LogP contribution in [0.3, 0.4) is 0 Å². The molecule has 0 unspecified atom stereocenters. The van der Waals surface area contributed by atoms with Gasteiger partial charge in [0.15, 0.2) is 16.7 Å². The lowest BCUT2D eigenvalue weighted by atomic mass is 10.2. The Kier molecular flexibility index (Phi) is 6.50. The average Bonchev–Trinajstić information content (AvgIpc) is 2.57. The molecule has 120 valence electrons.